The molecule has 0 bridgehead atoms. The van der Waals surface area contributed by atoms with Crippen LogP contribution >= 0.6 is 15.9 Å². The summed E-state index contributed by atoms with van der Waals surface area (Å²) in [5.41, 5.74) is 0.792. The molecule has 0 saturated heterocycles. The number of carbonyl (C=O) groups is 1. The Balaban J connectivity index is 1.93. The summed E-state index contributed by atoms with van der Waals surface area (Å²) < 4.78 is 35.0. The summed E-state index contributed by atoms with van der Waals surface area (Å²) >= 11 is 3.27. The Labute approximate surface area is 158 Å². The van der Waals surface area contributed by atoms with E-state index in [-0.39, 0.29) is 24.0 Å². The number of ether oxygens (including phenoxy) is 2. The first-order valence-corrected chi connectivity index (χ1v) is 8.38. The number of aromatic nitrogens is 1. The minimum Gasteiger partial charge on any atom is -0.493 e. The first kappa shape index (κ1) is 20.1. The Morgan fingerprint density at radius 3 is 2.69 bits per heavy atom. The number of benzene rings is 1. The fraction of sp³-hybridized carbons (Fsp3) is 0.294. The normalized spacial score (nSPS) is 10.9. The van der Waals surface area contributed by atoms with E-state index >= 15 is 0 Å². The molecule has 6 nitrogen and oxygen atoms in total. The molecule has 1 aromatic heterocycles. The number of carbonyl (C=O) groups excluding carboxylic acids is 1. The molecule has 2 aromatic rings. The molecule has 0 atom stereocenters. The maximum Gasteiger partial charge on any atom is 0.387 e. The van der Waals surface area contributed by atoms with E-state index in [1.54, 1.807) is 42.4 Å². The lowest BCUT2D eigenvalue weighted by atomic mass is 10.2. The van der Waals surface area contributed by atoms with E-state index < -0.39 is 6.61 Å². The monoisotopic (exact) mass is 429 g/mol. The zero-order valence-electron chi connectivity index (χ0n) is 14.2. The summed E-state index contributed by atoms with van der Waals surface area (Å²) in [6, 6.07) is 8.13. The zero-order chi connectivity index (χ0) is 19.1. The van der Waals surface area contributed by atoms with Gasteiger partial charge in [0.1, 0.15) is 5.82 Å². The molecule has 0 unspecified atom stereocenters. The van der Waals surface area contributed by atoms with Crippen LogP contribution in [0.3, 0.4) is 0 Å². The van der Waals surface area contributed by atoms with Gasteiger partial charge in [0, 0.05) is 17.2 Å². The summed E-state index contributed by atoms with van der Waals surface area (Å²) in [5.74, 6) is 0.418. The largest absolute Gasteiger partial charge is 0.493 e. The minimum absolute atomic E-state index is 0.0343. The average molecular weight is 430 g/mol. The molecule has 0 radical (unpaired) electrons. The molecular weight excluding hydrogens is 412 g/mol. The summed E-state index contributed by atoms with van der Waals surface area (Å²) in [6.07, 6.45) is 1.59. The molecule has 1 aromatic carbocycles. The third-order valence-electron chi connectivity index (χ3n) is 3.30. The Morgan fingerprint density at radius 2 is 2.08 bits per heavy atom. The van der Waals surface area contributed by atoms with Crippen molar-refractivity contribution in [1.82, 2.24) is 9.88 Å². The van der Waals surface area contributed by atoms with Gasteiger partial charge in [0.25, 0.3) is 0 Å². The predicted octanol–water partition coefficient (Wildman–Crippen LogP) is 3.52. The average Bonchev–Trinajstić information content (AvgIpc) is 2.57. The lowest BCUT2D eigenvalue weighted by Gasteiger charge is -2.17. The molecule has 26 heavy (non-hydrogen) atoms. The number of hydrogen-bond donors (Lipinski definition) is 1. The van der Waals surface area contributed by atoms with Crippen LogP contribution in [0.5, 0.6) is 11.5 Å². The molecule has 1 amide bonds. The SMILES string of the molecule is COc1cc(CN(C)CC(=O)Nc2ccc(Br)cn2)ccc1OC(F)F. The van der Waals surface area contributed by atoms with Crippen molar-refractivity contribution in [2.24, 2.45) is 0 Å². The molecule has 1 N–H and O–H groups in total. The Morgan fingerprint density at radius 1 is 1.31 bits per heavy atom. The highest BCUT2D eigenvalue weighted by Gasteiger charge is 2.13. The maximum atomic E-state index is 12.4. The van der Waals surface area contributed by atoms with Gasteiger partial charge in [-0.3, -0.25) is 9.69 Å². The molecule has 0 saturated carbocycles. The van der Waals surface area contributed by atoms with Crippen LogP contribution in [0, 0.1) is 0 Å². The molecule has 140 valence electrons. The highest BCUT2D eigenvalue weighted by molar-refractivity contribution is 9.10. The number of nitrogens with one attached hydrogen (secondary N) is 1. The van der Waals surface area contributed by atoms with Crippen molar-refractivity contribution in [2.45, 2.75) is 13.2 Å². The fourth-order valence-electron chi connectivity index (χ4n) is 2.25. The predicted molar refractivity (Wildman–Crippen MR) is 96.5 cm³/mol. The Kier molecular flexibility index (Phi) is 7.28. The van der Waals surface area contributed by atoms with Crippen LogP contribution in [0.1, 0.15) is 5.56 Å². The van der Waals surface area contributed by atoms with E-state index in [1.165, 1.54) is 13.2 Å². The third-order valence-corrected chi connectivity index (χ3v) is 3.77. The van der Waals surface area contributed by atoms with E-state index in [0.29, 0.717) is 12.4 Å². The summed E-state index contributed by atoms with van der Waals surface area (Å²) in [7, 11) is 3.14. The fourth-order valence-corrected chi connectivity index (χ4v) is 2.48. The van der Waals surface area contributed by atoms with E-state index in [0.717, 1.165) is 10.0 Å². The third kappa shape index (κ3) is 6.23. The number of rotatable bonds is 8. The lowest BCUT2D eigenvalue weighted by Crippen LogP contribution is -2.30. The van der Waals surface area contributed by atoms with Crippen LogP contribution in [0.15, 0.2) is 41.0 Å². The zero-order valence-corrected chi connectivity index (χ0v) is 15.8. The van der Waals surface area contributed by atoms with E-state index in [1.807, 2.05) is 0 Å². The number of anilines is 1. The van der Waals surface area contributed by atoms with Gasteiger partial charge in [-0.1, -0.05) is 6.07 Å². The van der Waals surface area contributed by atoms with Gasteiger partial charge in [-0.2, -0.15) is 8.78 Å². The van der Waals surface area contributed by atoms with Gasteiger partial charge in [0.2, 0.25) is 5.91 Å². The van der Waals surface area contributed by atoms with Crippen molar-refractivity contribution in [3.05, 3.63) is 46.6 Å². The number of likely N-dealkylation sites (N-methyl/N-ethyl adjacent to an activating group) is 1. The second-order valence-electron chi connectivity index (χ2n) is 5.45. The van der Waals surface area contributed by atoms with Gasteiger partial charge in [-0.05, 0) is 52.8 Å². The number of alkyl halides is 2. The Hall–Kier alpha value is -2.26. The standard InChI is InChI=1S/C17H18BrF2N3O3/c1-23(10-16(24)22-15-6-4-12(18)8-21-15)9-11-3-5-13(26-17(19)20)14(7-11)25-2/h3-8,17H,9-10H2,1-2H3,(H,21,22,24). The highest BCUT2D eigenvalue weighted by Crippen LogP contribution is 2.29. The smallest absolute Gasteiger partial charge is 0.387 e. The van der Waals surface area contributed by atoms with Gasteiger partial charge in [-0.15, -0.1) is 0 Å². The number of amides is 1. The van der Waals surface area contributed by atoms with Crippen molar-refractivity contribution in [1.29, 1.82) is 0 Å². The van der Waals surface area contributed by atoms with Gasteiger partial charge >= 0.3 is 6.61 Å². The van der Waals surface area contributed by atoms with Crippen molar-refractivity contribution in [2.75, 3.05) is 26.0 Å². The van der Waals surface area contributed by atoms with E-state index in [4.69, 9.17) is 4.74 Å². The number of halogens is 3. The second kappa shape index (κ2) is 9.44. The number of nitrogens with zero attached hydrogens (tertiary/aromatic N) is 2. The van der Waals surface area contributed by atoms with Crippen molar-refractivity contribution < 1.29 is 23.0 Å². The molecule has 1 heterocycles. The molecule has 0 fully saturated rings. The van der Waals surface area contributed by atoms with Crippen molar-refractivity contribution in [3.63, 3.8) is 0 Å². The van der Waals surface area contributed by atoms with Crippen LogP contribution in [0.4, 0.5) is 14.6 Å². The highest BCUT2D eigenvalue weighted by atomic mass is 79.9. The number of pyridine rings is 1. The topological polar surface area (TPSA) is 63.7 Å². The van der Waals surface area contributed by atoms with Crippen LogP contribution in [0.2, 0.25) is 0 Å². The first-order valence-electron chi connectivity index (χ1n) is 7.59. The van der Waals surface area contributed by atoms with Gasteiger partial charge in [-0.25, -0.2) is 4.98 Å². The van der Waals surface area contributed by atoms with Crippen molar-refractivity contribution in [3.8, 4) is 11.5 Å². The second-order valence-corrected chi connectivity index (χ2v) is 6.36. The molecule has 0 aliphatic heterocycles. The summed E-state index contributed by atoms with van der Waals surface area (Å²) in [4.78, 5) is 17.9. The van der Waals surface area contributed by atoms with Gasteiger partial charge in [0.05, 0.1) is 13.7 Å². The maximum absolute atomic E-state index is 12.4. The van der Waals surface area contributed by atoms with Gasteiger partial charge < -0.3 is 14.8 Å². The molecule has 2 rings (SSSR count). The molecular formula is C17H18BrF2N3O3. The minimum atomic E-state index is -2.92. The number of methoxy groups -OCH3 is 1. The summed E-state index contributed by atoms with van der Waals surface area (Å²) in [5, 5.41) is 2.70. The van der Waals surface area contributed by atoms with E-state index in [2.05, 4.69) is 31.0 Å². The Bertz CT molecular complexity index is 745. The van der Waals surface area contributed by atoms with Crippen LogP contribution in [-0.2, 0) is 11.3 Å². The lowest BCUT2D eigenvalue weighted by molar-refractivity contribution is -0.117. The van der Waals surface area contributed by atoms with Crippen LogP contribution in [0.25, 0.3) is 0 Å². The number of hydrogen-bond acceptors (Lipinski definition) is 5. The summed E-state index contributed by atoms with van der Waals surface area (Å²) in [6.45, 7) is -2.37. The van der Waals surface area contributed by atoms with Crippen LogP contribution < -0.4 is 14.8 Å². The van der Waals surface area contributed by atoms with E-state index in [9.17, 15) is 13.6 Å². The first-order chi connectivity index (χ1) is 12.4. The van der Waals surface area contributed by atoms with Crippen molar-refractivity contribution >= 4 is 27.7 Å². The molecule has 9 heteroatoms. The molecule has 0 spiro atoms. The quantitative estimate of drug-likeness (QED) is 0.695. The molecule has 0 aliphatic carbocycles. The molecule has 0 aliphatic rings. The van der Waals surface area contributed by atoms with Crippen LogP contribution in [-0.4, -0.2) is 43.1 Å². The van der Waals surface area contributed by atoms with Gasteiger partial charge in [0.15, 0.2) is 11.5 Å².